The Bertz CT molecular complexity index is 68.6. The summed E-state index contributed by atoms with van der Waals surface area (Å²) in [4.78, 5) is 0. The molecule has 0 spiro atoms. The van der Waals surface area contributed by atoms with Crippen LogP contribution in [0.15, 0.2) is 0 Å². The van der Waals surface area contributed by atoms with E-state index in [1.165, 1.54) is 60.4 Å². The maximum atomic E-state index is 3.49. The summed E-state index contributed by atoms with van der Waals surface area (Å²) in [7, 11) is 0. The van der Waals surface area contributed by atoms with Gasteiger partial charge in [0.2, 0.25) is 0 Å². The Balaban J connectivity index is 2.00. The average molecular weight is 251 g/mol. The average Bonchev–Trinajstić information content (AvgIpc) is 2.22. The van der Waals surface area contributed by atoms with E-state index in [4.69, 9.17) is 0 Å². The molecule has 84 valence electrons. The summed E-state index contributed by atoms with van der Waals surface area (Å²) < 4.78 is 0. The fourth-order valence-electron chi connectivity index (χ4n) is 1.25. The predicted octanol–water partition coefficient (Wildman–Crippen LogP) is 2.57. The second-order valence-corrected chi connectivity index (χ2v) is 6.97. The second kappa shape index (κ2) is 10.5. The third-order valence-corrected chi connectivity index (χ3v) is 5.30. The van der Waals surface area contributed by atoms with Gasteiger partial charge in [0.15, 0.2) is 0 Å². The van der Waals surface area contributed by atoms with Crippen LogP contribution >= 0.6 is 35.3 Å². The first-order chi connectivity index (χ1) is 7.00. The van der Waals surface area contributed by atoms with E-state index in [2.05, 4.69) is 40.6 Å². The highest BCUT2D eigenvalue weighted by Gasteiger charge is 1.95. The van der Waals surface area contributed by atoms with Crippen LogP contribution in [0.2, 0.25) is 0 Å². The van der Waals surface area contributed by atoms with Crippen molar-refractivity contribution in [1.29, 1.82) is 0 Å². The highest BCUT2D eigenvalue weighted by Crippen LogP contribution is 2.11. The molecular weight excluding hydrogens is 230 g/mol. The highest BCUT2D eigenvalue weighted by molar-refractivity contribution is 8.00. The van der Waals surface area contributed by atoms with Gasteiger partial charge in [-0.15, -0.1) is 0 Å². The predicted molar refractivity (Wildman–Crippen MR) is 74.1 cm³/mol. The monoisotopic (exact) mass is 251 g/mol. The number of hydrogen-bond acceptors (Lipinski definition) is 4. The lowest BCUT2D eigenvalue weighted by Crippen LogP contribution is -2.20. The van der Waals surface area contributed by atoms with E-state index in [1.54, 1.807) is 0 Å². The van der Waals surface area contributed by atoms with Crippen LogP contribution < -0.4 is 5.32 Å². The lowest BCUT2D eigenvalue weighted by molar-refractivity contribution is 0.773. The molecule has 1 fully saturated rings. The van der Waals surface area contributed by atoms with E-state index in [9.17, 15) is 0 Å². The Kier molecular flexibility index (Phi) is 9.83. The molecule has 1 aliphatic rings. The van der Waals surface area contributed by atoms with E-state index in [-0.39, 0.29) is 0 Å². The zero-order valence-electron chi connectivity index (χ0n) is 8.80. The molecule has 0 unspecified atom stereocenters. The molecule has 1 rings (SSSR count). The minimum atomic E-state index is 1.19. The molecule has 4 heteroatoms. The molecule has 0 bridgehead atoms. The minimum absolute atomic E-state index is 1.19. The van der Waals surface area contributed by atoms with Gasteiger partial charge in [-0.05, 0) is 35.9 Å². The van der Waals surface area contributed by atoms with E-state index in [0.29, 0.717) is 0 Å². The van der Waals surface area contributed by atoms with Gasteiger partial charge in [-0.2, -0.15) is 35.3 Å². The third-order valence-electron chi connectivity index (χ3n) is 2.00. The fourth-order valence-corrected chi connectivity index (χ4v) is 4.19. The Labute approximate surface area is 101 Å². The van der Waals surface area contributed by atoms with E-state index in [0.717, 1.165) is 0 Å². The molecular formula is C10H21NS3. The zero-order valence-corrected chi connectivity index (χ0v) is 11.2. The van der Waals surface area contributed by atoms with E-state index >= 15 is 0 Å². The van der Waals surface area contributed by atoms with Gasteiger partial charge in [-0.25, -0.2) is 0 Å². The molecule has 0 aromatic heterocycles. The number of rotatable bonds is 0. The van der Waals surface area contributed by atoms with Crippen molar-refractivity contribution in [1.82, 2.24) is 5.32 Å². The molecule has 1 N–H and O–H groups in total. The SMILES string of the molecule is C1CSCCCSCCNCCSC1. The molecule has 1 nitrogen and oxygen atoms in total. The lowest BCUT2D eigenvalue weighted by atomic mass is 10.6. The van der Waals surface area contributed by atoms with Gasteiger partial charge in [-0.1, -0.05) is 0 Å². The Hall–Kier alpha value is 1.01. The maximum Gasteiger partial charge on any atom is 0.00581 e. The third kappa shape index (κ3) is 8.33. The van der Waals surface area contributed by atoms with Gasteiger partial charge < -0.3 is 5.32 Å². The summed E-state index contributed by atoms with van der Waals surface area (Å²) >= 11 is 6.33. The van der Waals surface area contributed by atoms with Crippen LogP contribution in [0.5, 0.6) is 0 Å². The van der Waals surface area contributed by atoms with Crippen molar-refractivity contribution in [3.8, 4) is 0 Å². The molecule has 0 aliphatic carbocycles. The smallest absolute Gasteiger partial charge is 0.00581 e. The molecule has 1 aliphatic heterocycles. The van der Waals surface area contributed by atoms with Gasteiger partial charge in [0, 0.05) is 24.6 Å². The normalized spacial score (nSPS) is 24.0. The first kappa shape index (κ1) is 13.1. The molecule has 1 saturated heterocycles. The summed E-state index contributed by atoms with van der Waals surface area (Å²) in [6, 6.07) is 0. The standard InChI is InChI=1S/C10H21NS3/c1-5-12-6-2-8-14-10-4-11-3-9-13-7-1/h11H,1-10H2. The van der Waals surface area contributed by atoms with Crippen molar-refractivity contribution in [3.05, 3.63) is 0 Å². The highest BCUT2D eigenvalue weighted by atomic mass is 32.2. The lowest BCUT2D eigenvalue weighted by Gasteiger charge is -2.07. The van der Waals surface area contributed by atoms with Gasteiger partial charge in [0.1, 0.15) is 0 Å². The Morgan fingerprint density at radius 2 is 1.00 bits per heavy atom. The van der Waals surface area contributed by atoms with E-state index in [1.807, 2.05) is 0 Å². The van der Waals surface area contributed by atoms with Crippen LogP contribution in [-0.2, 0) is 0 Å². The fraction of sp³-hybridized carbons (Fsp3) is 1.00. The van der Waals surface area contributed by atoms with Crippen molar-refractivity contribution in [2.45, 2.75) is 12.8 Å². The molecule has 14 heavy (non-hydrogen) atoms. The van der Waals surface area contributed by atoms with Crippen molar-refractivity contribution >= 4 is 35.3 Å². The Morgan fingerprint density at radius 1 is 0.571 bits per heavy atom. The van der Waals surface area contributed by atoms with Crippen LogP contribution in [0, 0.1) is 0 Å². The van der Waals surface area contributed by atoms with E-state index < -0.39 is 0 Å². The quantitative estimate of drug-likeness (QED) is 0.710. The summed E-state index contributed by atoms with van der Waals surface area (Å²) in [5, 5.41) is 3.49. The van der Waals surface area contributed by atoms with Crippen LogP contribution in [0.1, 0.15) is 12.8 Å². The van der Waals surface area contributed by atoms with Crippen LogP contribution in [0.4, 0.5) is 0 Å². The van der Waals surface area contributed by atoms with Crippen molar-refractivity contribution in [3.63, 3.8) is 0 Å². The molecule has 0 radical (unpaired) electrons. The van der Waals surface area contributed by atoms with Crippen molar-refractivity contribution in [2.75, 3.05) is 47.6 Å². The van der Waals surface area contributed by atoms with Crippen LogP contribution in [-0.4, -0.2) is 47.6 Å². The first-order valence-corrected chi connectivity index (χ1v) is 8.90. The molecule has 0 aromatic carbocycles. The van der Waals surface area contributed by atoms with Crippen molar-refractivity contribution in [2.24, 2.45) is 0 Å². The minimum Gasteiger partial charge on any atom is -0.315 e. The largest absolute Gasteiger partial charge is 0.315 e. The number of nitrogens with one attached hydrogen (secondary N) is 1. The second-order valence-electron chi connectivity index (χ2n) is 3.29. The van der Waals surface area contributed by atoms with Crippen LogP contribution in [0.25, 0.3) is 0 Å². The van der Waals surface area contributed by atoms with Gasteiger partial charge in [-0.3, -0.25) is 0 Å². The number of thioether (sulfide) groups is 3. The maximum absolute atomic E-state index is 3.49. The zero-order chi connectivity index (χ0) is 9.90. The Morgan fingerprint density at radius 3 is 1.50 bits per heavy atom. The summed E-state index contributed by atoms with van der Waals surface area (Å²) in [5.74, 6) is 8.01. The summed E-state index contributed by atoms with van der Waals surface area (Å²) in [5.41, 5.74) is 0. The van der Waals surface area contributed by atoms with Gasteiger partial charge in [0.25, 0.3) is 0 Å². The molecule has 0 atom stereocenters. The summed E-state index contributed by atoms with van der Waals surface area (Å²) in [6.45, 7) is 2.39. The molecule has 0 saturated carbocycles. The molecule has 0 amide bonds. The topological polar surface area (TPSA) is 12.0 Å². The molecule has 0 aromatic rings. The van der Waals surface area contributed by atoms with Gasteiger partial charge in [0.05, 0.1) is 0 Å². The van der Waals surface area contributed by atoms with Crippen molar-refractivity contribution < 1.29 is 0 Å². The first-order valence-electron chi connectivity index (χ1n) is 5.44. The molecule has 1 heterocycles. The van der Waals surface area contributed by atoms with Crippen LogP contribution in [0.3, 0.4) is 0 Å². The number of hydrogen-bond donors (Lipinski definition) is 1. The summed E-state index contributed by atoms with van der Waals surface area (Å²) in [6.07, 6.45) is 2.78. The van der Waals surface area contributed by atoms with Gasteiger partial charge >= 0.3 is 0 Å².